The average Bonchev–Trinajstić information content (AvgIpc) is 0.666. The number of pyridine rings is 4. The predicted molar refractivity (Wildman–Crippen MR) is 536 cm³/mol. The molecule has 4 heterocycles. The summed E-state index contributed by atoms with van der Waals surface area (Å²) in [4.78, 5) is 0. The van der Waals surface area contributed by atoms with Crippen LogP contribution in [0.3, 0.4) is 0 Å². The first-order valence-electron chi connectivity index (χ1n) is 46.0. The molecule has 4 aliphatic carbocycles. The van der Waals surface area contributed by atoms with Crippen LogP contribution in [0.1, 0.15) is 206 Å². The number of rotatable bonds is 4. The first-order valence-corrected chi connectivity index (χ1v) is 46.0. The maximum Gasteiger partial charge on any atom is 0.213 e. The molecule has 0 atom stereocenters. The highest BCUT2D eigenvalue weighted by Gasteiger charge is 2.51. The Hall–Kier alpha value is -11.7. The summed E-state index contributed by atoms with van der Waals surface area (Å²) in [5.41, 5.74) is 52.4. The number of aryl methyl sites for hydroxylation is 15. The fraction of sp³-hybridized carbons (Fsp3) is 0.311. The molecule has 0 spiro atoms. The van der Waals surface area contributed by atoms with Gasteiger partial charge < -0.3 is 0 Å². The lowest BCUT2D eigenvalue weighted by Crippen LogP contribution is -2.45. The lowest BCUT2D eigenvalue weighted by molar-refractivity contribution is -0.667. The molecule has 0 bridgehead atoms. The Bertz CT molecular complexity index is 7280. The molecular formula is C122H132N4+4. The van der Waals surface area contributed by atoms with Crippen molar-refractivity contribution in [3.63, 3.8) is 0 Å². The number of hydrogen-bond donors (Lipinski definition) is 0. The minimum Gasteiger partial charge on any atom is -0.201 e. The van der Waals surface area contributed by atoms with Crippen molar-refractivity contribution in [2.75, 3.05) is 0 Å². The Labute approximate surface area is 752 Å². The maximum atomic E-state index is 2.46. The van der Waals surface area contributed by atoms with Crippen LogP contribution in [0.4, 0.5) is 0 Å². The number of benzene rings is 12. The number of fused-ring (bicyclic) bond motifs is 18. The van der Waals surface area contributed by atoms with Gasteiger partial charge in [0.2, 0.25) is 22.8 Å². The van der Waals surface area contributed by atoms with E-state index in [0.29, 0.717) is 0 Å². The minimum absolute atomic E-state index is 0.0162. The van der Waals surface area contributed by atoms with Crippen LogP contribution in [0.15, 0.2) is 231 Å². The zero-order valence-corrected chi connectivity index (χ0v) is 81.1. The summed E-state index contributed by atoms with van der Waals surface area (Å²) in [6.07, 6.45) is 8.82. The molecule has 4 nitrogen and oxygen atoms in total. The third kappa shape index (κ3) is 13.7. The van der Waals surface area contributed by atoms with Crippen molar-refractivity contribution in [2.24, 2.45) is 28.2 Å². The molecule has 0 amide bonds. The van der Waals surface area contributed by atoms with Crippen LogP contribution < -0.4 is 18.3 Å². The molecule has 0 radical (unpaired) electrons. The highest BCUT2D eigenvalue weighted by molar-refractivity contribution is 6.01. The monoisotopic (exact) mass is 1650 g/mol. The second kappa shape index (κ2) is 31.1. The summed E-state index contributed by atoms with van der Waals surface area (Å²) in [6.45, 7) is 60.3. The van der Waals surface area contributed by atoms with Crippen molar-refractivity contribution in [1.29, 1.82) is 0 Å². The molecule has 0 fully saturated rings. The summed E-state index contributed by atoms with van der Waals surface area (Å²) in [5.74, 6) is 0. The van der Waals surface area contributed by atoms with Gasteiger partial charge in [0.1, 0.15) is 28.2 Å². The van der Waals surface area contributed by atoms with Crippen LogP contribution >= 0.6 is 0 Å². The summed E-state index contributed by atoms with van der Waals surface area (Å²) in [5, 5.41) is 10.8. The zero-order valence-electron chi connectivity index (χ0n) is 81.1. The summed E-state index contributed by atoms with van der Waals surface area (Å²) >= 11 is 0. The molecular weight excluding hydrogens is 1520 g/mol. The number of hydrogen-bond acceptors (Lipinski definition) is 0. The van der Waals surface area contributed by atoms with E-state index in [4.69, 9.17) is 0 Å². The van der Waals surface area contributed by atoms with Crippen LogP contribution in [-0.2, 0) is 73.5 Å². The third-order valence-corrected chi connectivity index (χ3v) is 32.5. The molecule has 0 unspecified atom stereocenters. The predicted octanol–water partition coefficient (Wildman–Crippen LogP) is 29.1. The van der Waals surface area contributed by atoms with Crippen molar-refractivity contribution in [3.8, 4) is 89.5 Å². The van der Waals surface area contributed by atoms with E-state index in [9.17, 15) is 0 Å². The van der Waals surface area contributed by atoms with Gasteiger partial charge in [0.05, 0.1) is 11.1 Å². The molecule has 0 saturated carbocycles. The van der Waals surface area contributed by atoms with E-state index in [1.807, 2.05) is 0 Å². The molecule has 16 aromatic rings. The van der Waals surface area contributed by atoms with Gasteiger partial charge in [-0.2, -0.15) is 4.57 Å². The van der Waals surface area contributed by atoms with E-state index < -0.39 is 0 Å². The Morgan fingerprint density at radius 3 is 1.40 bits per heavy atom. The van der Waals surface area contributed by atoms with Gasteiger partial charge >= 0.3 is 0 Å². The molecule has 4 aliphatic rings. The maximum absolute atomic E-state index is 2.46. The zero-order chi connectivity index (χ0) is 90.2. The highest BCUT2D eigenvalue weighted by atomic mass is 15.0. The van der Waals surface area contributed by atoms with E-state index >= 15 is 0 Å². The first-order chi connectivity index (χ1) is 59.5. The lowest BCUT2D eigenvalue weighted by atomic mass is 9.53. The lowest BCUT2D eigenvalue weighted by Gasteiger charge is -2.49. The SMILES string of the molecule is Cc1cc(-c2ccc3c(c2C)-c2cc4ccccc4cc2C(C)(C)C3(C)C)[n+](C)c(C)c1C.Cc1cc[n+](C)c(-c2c(C)ccc3c2C(C)(C)C(C)(C)c2c-3cc(C)c3ccccc23)c1.Cc1cc[n+](C)c(-c2cc3c(cc2C)C(C)(C)C(C)(C)c2cc4cc(C)ccc4cc2-3)c1.Cc1ccc2c3c(ccc2c1)-c1ccc(C)c(-c2cc(C)c(C)c[n+]2C)c1CC3. The smallest absolute Gasteiger partial charge is 0.201 e. The summed E-state index contributed by atoms with van der Waals surface area (Å²) in [7, 11) is 8.68. The molecule has 0 aliphatic heterocycles. The Morgan fingerprint density at radius 2 is 0.722 bits per heavy atom. The second-order valence-corrected chi connectivity index (χ2v) is 41.6. The van der Waals surface area contributed by atoms with E-state index in [-0.39, 0.29) is 32.5 Å². The van der Waals surface area contributed by atoms with Crippen LogP contribution in [0.2, 0.25) is 0 Å². The van der Waals surface area contributed by atoms with Gasteiger partial charge in [-0.25, -0.2) is 13.7 Å². The summed E-state index contributed by atoms with van der Waals surface area (Å²) < 4.78 is 9.17. The number of aromatic nitrogens is 4. The van der Waals surface area contributed by atoms with Crippen LogP contribution in [0.25, 0.3) is 133 Å². The number of nitrogens with zero attached hydrogens (tertiary/aromatic N) is 4. The van der Waals surface area contributed by atoms with E-state index in [0.717, 1.165) is 12.8 Å². The first kappa shape index (κ1) is 86.4. The molecule has 4 aromatic heterocycles. The normalized spacial score (nSPS) is 15.2. The van der Waals surface area contributed by atoms with Crippen molar-refractivity contribution in [3.05, 3.63) is 353 Å². The van der Waals surface area contributed by atoms with Crippen molar-refractivity contribution in [2.45, 2.75) is 225 Å². The fourth-order valence-corrected chi connectivity index (χ4v) is 22.3. The van der Waals surface area contributed by atoms with Crippen molar-refractivity contribution < 1.29 is 18.3 Å². The van der Waals surface area contributed by atoms with Gasteiger partial charge in [-0.05, 0) is 343 Å². The van der Waals surface area contributed by atoms with E-state index in [2.05, 4.69) is 457 Å². The fourth-order valence-electron chi connectivity index (χ4n) is 22.3. The molecule has 636 valence electrons. The molecule has 0 saturated heterocycles. The molecule has 126 heavy (non-hydrogen) atoms. The van der Waals surface area contributed by atoms with Crippen LogP contribution in [0.5, 0.6) is 0 Å². The second-order valence-electron chi connectivity index (χ2n) is 41.6. The third-order valence-electron chi connectivity index (χ3n) is 32.5. The topological polar surface area (TPSA) is 15.5 Å². The van der Waals surface area contributed by atoms with Gasteiger partial charge in [-0.3, -0.25) is 0 Å². The van der Waals surface area contributed by atoms with Crippen molar-refractivity contribution in [1.82, 2.24) is 0 Å². The van der Waals surface area contributed by atoms with Gasteiger partial charge in [0, 0.05) is 76.4 Å². The van der Waals surface area contributed by atoms with Gasteiger partial charge in [0.25, 0.3) is 0 Å². The van der Waals surface area contributed by atoms with Crippen molar-refractivity contribution >= 4 is 43.1 Å². The Morgan fingerprint density at radius 1 is 0.238 bits per heavy atom. The van der Waals surface area contributed by atoms with Crippen LogP contribution in [0, 0.1) is 96.9 Å². The van der Waals surface area contributed by atoms with Gasteiger partial charge in [-0.15, -0.1) is 0 Å². The van der Waals surface area contributed by atoms with Gasteiger partial charge in [-0.1, -0.05) is 234 Å². The Kier molecular flexibility index (Phi) is 21.3. The van der Waals surface area contributed by atoms with E-state index in [1.54, 1.807) is 0 Å². The quantitative estimate of drug-likeness (QED) is 0.156. The minimum atomic E-state index is -0.0501. The summed E-state index contributed by atoms with van der Waals surface area (Å²) in [6, 6.07) is 81.0. The molecule has 4 heteroatoms. The standard InChI is InChI=1S/C32H36N.2C31H34N.C28H28N/c1-19-16-29(33(9)22(4)20(19)2)25-14-15-27-30(21(25)3)26-17-23-12-10-11-13-24(23)18-28(26)32(7,8)31(27,5)6;1-19-9-10-22-16-25-26-18-24(29-14-20(2)11-12-32(29)8)21(3)15-27(26)30(4,5)31(6,7)28(25)17-23(22)13-19;1-19-15-16-32(8)26(17-19)27-20(2)13-14-24-25-18-21(3)22-11-9-10-12-23(22)28(25)30(4,5)31(6,7)29(24)27;1-17-6-9-22-21(14-17)8-11-24-23(22)12-13-26-25(24)10-7-18(2)28(26)27-15-19(3)20(4)16-29(27)5/h10-18H,1-9H3;2*9-18H,1-8H3;6-11,14-16H,12-13H2,1-5H3/q4*+1. The molecule has 20 rings (SSSR count). The van der Waals surface area contributed by atoms with E-state index in [1.165, 1.54) is 255 Å². The largest absolute Gasteiger partial charge is 0.213 e. The average molecular weight is 1650 g/mol. The van der Waals surface area contributed by atoms with Gasteiger partial charge in [0.15, 0.2) is 24.3 Å². The molecule has 12 aromatic carbocycles. The highest BCUT2D eigenvalue weighted by Crippen LogP contribution is 2.61. The van der Waals surface area contributed by atoms with Crippen LogP contribution in [-0.4, -0.2) is 0 Å². The Balaban J connectivity index is 0.000000119. The molecule has 0 N–H and O–H groups in total.